The van der Waals surface area contributed by atoms with Gasteiger partial charge in [0.05, 0.1) is 0 Å². The van der Waals surface area contributed by atoms with E-state index in [1.54, 1.807) is 6.26 Å². The zero-order valence-electron chi connectivity index (χ0n) is 10.5. The van der Waals surface area contributed by atoms with E-state index >= 15 is 0 Å². The van der Waals surface area contributed by atoms with Crippen LogP contribution in [0.1, 0.15) is 6.92 Å². The van der Waals surface area contributed by atoms with Gasteiger partial charge in [0.15, 0.2) is 0 Å². The zero-order chi connectivity index (χ0) is 13.8. The molecule has 19 heavy (non-hydrogen) atoms. The lowest BCUT2D eigenvalue weighted by Crippen LogP contribution is -2.22. The molecule has 0 saturated heterocycles. The van der Waals surface area contributed by atoms with E-state index in [0.717, 1.165) is 0 Å². The Balaban J connectivity index is 2.16. The molecule has 0 spiro atoms. The molecule has 0 radical (unpaired) electrons. The standard InChI is InChI=1S/C9H14N8OS/c1-6(19(2)18)3-12-8-14-7(10)15-9(16-8)17-5-11-4-13-17/h4-6H,3H2,1-2H3,(H3,10,12,14,15,16). The molecule has 2 unspecified atom stereocenters. The van der Waals surface area contributed by atoms with Gasteiger partial charge >= 0.3 is 0 Å². The summed E-state index contributed by atoms with van der Waals surface area (Å²) in [6.07, 6.45) is 4.48. The normalized spacial score (nSPS) is 14.0. The Hall–Kier alpha value is -2.10. The molecule has 2 aromatic rings. The molecule has 2 rings (SSSR count). The number of anilines is 2. The second kappa shape index (κ2) is 5.69. The highest BCUT2D eigenvalue weighted by Crippen LogP contribution is 2.06. The Morgan fingerprint density at radius 2 is 2.26 bits per heavy atom. The predicted molar refractivity (Wildman–Crippen MR) is 71.2 cm³/mol. The molecule has 0 bridgehead atoms. The highest BCUT2D eigenvalue weighted by Gasteiger charge is 2.10. The van der Waals surface area contributed by atoms with Crippen LogP contribution in [0, 0.1) is 0 Å². The van der Waals surface area contributed by atoms with E-state index < -0.39 is 10.8 Å². The van der Waals surface area contributed by atoms with Crippen LogP contribution in [0.15, 0.2) is 12.7 Å². The molecule has 0 amide bonds. The summed E-state index contributed by atoms with van der Waals surface area (Å²) in [6.45, 7) is 2.34. The smallest absolute Gasteiger partial charge is 0.258 e. The predicted octanol–water partition coefficient (Wildman–Crippen LogP) is -0.787. The number of nitrogens with two attached hydrogens (primary N) is 1. The topological polar surface area (TPSA) is 124 Å². The molecule has 2 atom stereocenters. The van der Waals surface area contributed by atoms with E-state index in [1.165, 1.54) is 17.3 Å². The number of nitrogens with one attached hydrogen (secondary N) is 1. The molecule has 102 valence electrons. The van der Waals surface area contributed by atoms with Crippen molar-refractivity contribution >= 4 is 22.7 Å². The Labute approximate surface area is 112 Å². The fourth-order valence-electron chi connectivity index (χ4n) is 1.23. The lowest BCUT2D eigenvalue weighted by Gasteiger charge is -2.10. The van der Waals surface area contributed by atoms with Gasteiger partial charge in [0.2, 0.25) is 11.9 Å². The summed E-state index contributed by atoms with van der Waals surface area (Å²) < 4.78 is 12.6. The van der Waals surface area contributed by atoms with Gasteiger partial charge in [0.25, 0.3) is 5.95 Å². The third-order valence-electron chi connectivity index (χ3n) is 2.38. The van der Waals surface area contributed by atoms with Gasteiger partial charge in [-0.25, -0.2) is 4.98 Å². The summed E-state index contributed by atoms with van der Waals surface area (Å²) in [7, 11) is -0.917. The van der Waals surface area contributed by atoms with E-state index in [0.29, 0.717) is 12.5 Å². The van der Waals surface area contributed by atoms with Gasteiger partial charge < -0.3 is 11.1 Å². The molecule has 0 aliphatic carbocycles. The van der Waals surface area contributed by atoms with Crippen molar-refractivity contribution in [2.24, 2.45) is 0 Å². The van der Waals surface area contributed by atoms with Crippen LogP contribution in [0.2, 0.25) is 0 Å². The Kier molecular flexibility index (Phi) is 4.00. The van der Waals surface area contributed by atoms with Crippen LogP contribution in [0.25, 0.3) is 5.95 Å². The average Bonchev–Trinajstić information content (AvgIpc) is 2.89. The average molecular weight is 282 g/mol. The van der Waals surface area contributed by atoms with Crippen molar-refractivity contribution < 1.29 is 4.21 Å². The van der Waals surface area contributed by atoms with Gasteiger partial charge in [-0.05, 0) is 6.92 Å². The number of rotatable bonds is 5. The summed E-state index contributed by atoms with van der Waals surface area (Å²) in [5, 5.41) is 6.86. The van der Waals surface area contributed by atoms with Crippen LogP contribution in [-0.2, 0) is 10.8 Å². The number of hydrogen-bond acceptors (Lipinski definition) is 8. The lowest BCUT2D eigenvalue weighted by atomic mass is 10.5. The van der Waals surface area contributed by atoms with Crippen LogP contribution in [-0.4, -0.2) is 52.0 Å². The van der Waals surface area contributed by atoms with Gasteiger partial charge in [0.1, 0.15) is 12.7 Å². The maximum absolute atomic E-state index is 11.3. The van der Waals surface area contributed by atoms with Crippen LogP contribution >= 0.6 is 0 Å². The molecular formula is C9H14N8OS. The van der Waals surface area contributed by atoms with Crippen LogP contribution < -0.4 is 11.1 Å². The van der Waals surface area contributed by atoms with Gasteiger partial charge in [0, 0.05) is 28.9 Å². The van der Waals surface area contributed by atoms with E-state index in [9.17, 15) is 4.21 Å². The van der Waals surface area contributed by atoms with Crippen molar-refractivity contribution in [3.8, 4) is 5.95 Å². The van der Waals surface area contributed by atoms with E-state index in [4.69, 9.17) is 5.73 Å². The van der Waals surface area contributed by atoms with Crippen molar-refractivity contribution in [1.82, 2.24) is 29.7 Å². The molecule has 2 heterocycles. The van der Waals surface area contributed by atoms with E-state index in [-0.39, 0.29) is 17.1 Å². The molecule has 0 aliphatic rings. The number of nitrogen functional groups attached to an aromatic ring is 1. The van der Waals surface area contributed by atoms with Crippen molar-refractivity contribution in [3.63, 3.8) is 0 Å². The lowest BCUT2D eigenvalue weighted by molar-refractivity contribution is 0.678. The van der Waals surface area contributed by atoms with Gasteiger partial charge in [-0.1, -0.05) is 0 Å². The fraction of sp³-hybridized carbons (Fsp3) is 0.444. The van der Waals surface area contributed by atoms with Gasteiger partial charge in [-0.2, -0.15) is 24.7 Å². The molecule has 0 aliphatic heterocycles. The highest BCUT2D eigenvalue weighted by atomic mass is 32.2. The van der Waals surface area contributed by atoms with Crippen LogP contribution in [0.5, 0.6) is 0 Å². The molecule has 0 fully saturated rings. The summed E-state index contributed by atoms with van der Waals surface area (Å²) in [5.74, 6) is 0.668. The first kappa shape index (κ1) is 13.3. The first-order valence-electron chi connectivity index (χ1n) is 5.49. The Morgan fingerprint density at radius 1 is 1.47 bits per heavy atom. The zero-order valence-corrected chi connectivity index (χ0v) is 11.3. The van der Waals surface area contributed by atoms with E-state index in [1.807, 2.05) is 6.92 Å². The van der Waals surface area contributed by atoms with E-state index in [2.05, 4.69) is 30.4 Å². The quantitative estimate of drug-likeness (QED) is 0.731. The summed E-state index contributed by atoms with van der Waals surface area (Å²) >= 11 is 0. The number of hydrogen-bond donors (Lipinski definition) is 2. The van der Waals surface area contributed by atoms with Crippen molar-refractivity contribution in [3.05, 3.63) is 12.7 Å². The fourth-order valence-corrected chi connectivity index (χ4v) is 1.54. The minimum atomic E-state index is -0.917. The van der Waals surface area contributed by atoms with Crippen LogP contribution in [0.4, 0.5) is 11.9 Å². The highest BCUT2D eigenvalue weighted by molar-refractivity contribution is 7.84. The number of aromatic nitrogens is 6. The molecule has 2 aromatic heterocycles. The van der Waals surface area contributed by atoms with Gasteiger partial charge in [-0.3, -0.25) is 4.21 Å². The van der Waals surface area contributed by atoms with Gasteiger partial charge in [-0.15, -0.1) is 0 Å². The van der Waals surface area contributed by atoms with Crippen molar-refractivity contribution in [2.75, 3.05) is 23.9 Å². The third-order valence-corrected chi connectivity index (χ3v) is 3.68. The maximum Gasteiger partial charge on any atom is 0.258 e. The minimum Gasteiger partial charge on any atom is -0.368 e. The van der Waals surface area contributed by atoms with Crippen molar-refractivity contribution in [2.45, 2.75) is 12.2 Å². The maximum atomic E-state index is 11.3. The second-order valence-electron chi connectivity index (χ2n) is 3.85. The monoisotopic (exact) mass is 282 g/mol. The first-order chi connectivity index (χ1) is 9.06. The molecule has 3 N–H and O–H groups in total. The first-order valence-corrected chi connectivity index (χ1v) is 7.11. The summed E-state index contributed by atoms with van der Waals surface area (Å²) in [5.41, 5.74) is 5.61. The minimum absolute atomic E-state index is 0.0205. The largest absolute Gasteiger partial charge is 0.368 e. The molecular weight excluding hydrogens is 268 g/mol. The Morgan fingerprint density at radius 3 is 2.89 bits per heavy atom. The summed E-state index contributed by atoms with van der Waals surface area (Å²) in [4.78, 5) is 15.9. The third kappa shape index (κ3) is 3.44. The molecule has 10 heteroatoms. The molecule has 9 nitrogen and oxygen atoms in total. The molecule has 0 saturated carbocycles. The SMILES string of the molecule is CC(CNc1nc(N)nc(-n2cncn2)n1)S(C)=O. The van der Waals surface area contributed by atoms with Crippen molar-refractivity contribution in [1.29, 1.82) is 0 Å². The van der Waals surface area contributed by atoms with Crippen LogP contribution in [0.3, 0.4) is 0 Å². The summed E-state index contributed by atoms with van der Waals surface area (Å²) in [6, 6.07) is 0. The second-order valence-corrected chi connectivity index (χ2v) is 5.65. The molecule has 0 aromatic carbocycles. The number of nitrogens with zero attached hydrogens (tertiary/aromatic N) is 6. The Bertz CT molecular complexity index is 572.